The molecule has 1 unspecified atom stereocenters. The van der Waals surface area contributed by atoms with Crippen LogP contribution in [0, 0.1) is 0 Å². The lowest BCUT2D eigenvalue weighted by molar-refractivity contribution is 0.206. The zero-order valence-corrected chi connectivity index (χ0v) is 13.9. The molecule has 3 rings (SSSR count). The van der Waals surface area contributed by atoms with E-state index in [-0.39, 0.29) is 0 Å². The van der Waals surface area contributed by atoms with Crippen molar-refractivity contribution < 1.29 is 0 Å². The van der Waals surface area contributed by atoms with Gasteiger partial charge in [-0.25, -0.2) is 9.97 Å². The van der Waals surface area contributed by atoms with Crippen LogP contribution in [0.25, 0.3) is 0 Å². The number of likely N-dealkylation sites (tertiary alicyclic amines) is 1. The Morgan fingerprint density at radius 2 is 2.32 bits per heavy atom. The van der Waals surface area contributed by atoms with E-state index in [1.807, 2.05) is 30.6 Å². The van der Waals surface area contributed by atoms with Gasteiger partial charge in [-0.1, -0.05) is 0 Å². The van der Waals surface area contributed by atoms with Gasteiger partial charge in [-0.15, -0.1) is 11.3 Å². The highest BCUT2D eigenvalue weighted by Gasteiger charge is 2.21. The van der Waals surface area contributed by atoms with E-state index in [1.165, 1.54) is 6.42 Å². The maximum absolute atomic E-state index is 4.54. The van der Waals surface area contributed by atoms with Gasteiger partial charge in [0.05, 0.1) is 11.2 Å². The molecule has 0 amide bonds. The number of rotatable bonds is 5. The van der Waals surface area contributed by atoms with E-state index in [4.69, 9.17) is 0 Å². The normalized spacial score (nSPS) is 19.1. The number of thiazole rings is 1. The fourth-order valence-electron chi connectivity index (χ4n) is 2.71. The molecule has 0 saturated carbocycles. The lowest BCUT2D eigenvalue weighted by Crippen LogP contribution is -2.42. The molecular weight excluding hydrogens is 296 g/mol. The zero-order chi connectivity index (χ0) is 15.4. The molecule has 7 heteroatoms. The van der Waals surface area contributed by atoms with Crippen molar-refractivity contribution in [3.05, 3.63) is 28.8 Å². The minimum Gasteiger partial charge on any atom is -0.363 e. The number of anilines is 2. The molecule has 3 heterocycles. The molecular formula is C15H22N6S. The molecule has 0 bridgehead atoms. The van der Waals surface area contributed by atoms with E-state index in [9.17, 15) is 0 Å². The highest BCUT2D eigenvalue weighted by atomic mass is 32.1. The Morgan fingerprint density at radius 3 is 3.09 bits per heavy atom. The van der Waals surface area contributed by atoms with Crippen molar-refractivity contribution in [2.45, 2.75) is 25.4 Å². The van der Waals surface area contributed by atoms with Gasteiger partial charge in [0.2, 0.25) is 5.95 Å². The first-order valence-electron chi connectivity index (χ1n) is 7.57. The number of nitrogens with one attached hydrogen (secondary N) is 1. The van der Waals surface area contributed by atoms with Crippen LogP contribution in [0.2, 0.25) is 0 Å². The standard InChI is InChI=1S/C15H22N6S/c1-20(2)14-5-6-16-15(19-14)18-12-4-3-7-21(8-12)9-13-10-22-11-17-13/h5-6,10-12H,3-4,7-9H2,1-2H3,(H,16,18,19). The van der Waals surface area contributed by atoms with Crippen molar-refractivity contribution in [3.63, 3.8) is 0 Å². The van der Waals surface area contributed by atoms with Gasteiger partial charge < -0.3 is 10.2 Å². The molecule has 22 heavy (non-hydrogen) atoms. The second-order valence-electron chi connectivity index (χ2n) is 5.83. The third-order valence-corrected chi connectivity index (χ3v) is 4.44. The molecule has 1 atom stereocenters. The second kappa shape index (κ2) is 7.02. The van der Waals surface area contributed by atoms with Crippen molar-refractivity contribution >= 4 is 23.1 Å². The maximum Gasteiger partial charge on any atom is 0.224 e. The zero-order valence-electron chi connectivity index (χ0n) is 13.1. The third kappa shape index (κ3) is 3.92. The van der Waals surface area contributed by atoms with Crippen LogP contribution in [0.3, 0.4) is 0 Å². The van der Waals surface area contributed by atoms with Crippen LogP contribution >= 0.6 is 11.3 Å². The van der Waals surface area contributed by atoms with Gasteiger partial charge in [0.15, 0.2) is 0 Å². The summed E-state index contributed by atoms with van der Waals surface area (Å²) in [5.41, 5.74) is 3.06. The van der Waals surface area contributed by atoms with Crippen LogP contribution in [-0.4, -0.2) is 53.1 Å². The Bertz CT molecular complexity index is 585. The Balaban J connectivity index is 1.59. The van der Waals surface area contributed by atoms with Crippen LogP contribution in [-0.2, 0) is 6.54 Å². The number of hydrogen-bond acceptors (Lipinski definition) is 7. The Labute approximate surface area is 135 Å². The third-order valence-electron chi connectivity index (χ3n) is 3.81. The van der Waals surface area contributed by atoms with Gasteiger partial charge in [0, 0.05) is 44.8 Å². The molecule has 2 aromatic heterocycles. The molecule has 1 fully saturated rings. The van der Waals surface area contributed by atoms with E-state index in [2.05, 4.69) is 30.5 Å². The van der Waals surface area contributed by atoms with E-state index in [1.54, 1.807) is 17.5 Å². The summed E-state index contributed by atoms with van der Waals surface area (Å²) >= 11 is 1.66. The summed E-state index contributed by atoms with van der Waals surface area (Å²) in [5.74, 6) is 1.64. The van der Waals surface area contributed by atoms with Crippen molar-refractivity contribution in [1.29, 1.82) is 0 Å². The SMILES string of the molecule is CN(C)c1ccnc(NC2CCCN(Cc3cscn3)C2)n1. The molecule has 1 saturated heterocycles. The Hall–Kier alpha value is -1.73. The molecule has 1 aliphatic heterocycles. The Kier molecular flexibility index (Phi) is 4.84. The van der Waals surface area contributed by atoms with Crippen LogP contribution in [0.1, 0.15) is 18.5 Å². The molecule has 0 aromatic carbocycles. The van der Waals surface area contributed by atoms with E-state index >= 15 is 0 Å². The first-order chi connectivity index (χ1) is 10.7. The summed E-state index contributed by atoms with van der Waals surface area (Å²) in [6.45, 7) is 3.07. The summed E-state index contributed by atoms with van der Waals surface area (Å²) in [6.07, 6.45) is 4.15. The van der Waals surface area contributed by atoms with E-state index in [0.29, 0.717) is 12.0 Å². The monoisotopic (exact) mass is 318 g/mol. The first-order valence-corrected chi connectivity index (χ1v) is 8.51. The largest absolute Gasteiger partial charge is 0.363 e. The van der Waals surface area contributed by atoms with Crippen molar-refractivity contribution in [2.24, 2.45) is 0 Å². The predicted molar refractivity (Wildman–Crippen MR) is 90.4 cm³/mol. The van der Waals surface area contributed by atoms with E-state index in [0.717, 1.165) is 37.6 Å². The van der Waals surface area contributed by atoms with Crippen LogP contribution in [0.15, 0.2) is 23.2 Å². The Morgan fingerprint density at radius 1 is 1.41 bits per heavy atom. The van der Waals surface area contributed by atoms with Crippen molar-refractivity contribution in [3.8, 4) is 0 Å². The number of piperidine rings is 1. The summed E-state index contributed by atoms with van der Waals surface area (Å²) in [7, 11) is 3.98. The van der Waals surface area contributed by atoms with Crippen molar-refractivity contribution in [2.75, 3.05) is 37.4 Å². The van der Waals surface area contributed by atoms with Gasteiger partial charge in [0.25, 0.3) is 0 Å². The highest BCUT2D eigenvalue weighted by Crippen LogP contribution is 2.17. The molecule has 0 radical (unpaired) electrons. The summed E-state index contributed by atoms with van der Waals surface area (Å²) in [6, 6.07) is 2.31. The number of nitrogens with zero attached hydrogens (tertiary/aromatic N) is 5. The van der Waals surface area contributed by atoms with Crippen LogP contribution < -0.4 is 10.2 Å². The molecule has 6 nitrogen and oxygen atoms in total. The molecule has 118 valence electrons. The number of aromatic nitrogens is 3. The minimum atomic E-state index is 0.393. The molecule has 0 spiro atoms. The second-order valence-corrected chi connectivity index (χ2v) is 6.55. The predicted octanol–water partition coefficient (Wildman–Crippen LogP) is 2.08. The quantitative estimate of drug-likeness (QED) is 0.911. The lowest BCUT2D eigenvalue weighted by Gasteiger charge is -2.32. The maximum atomic E-state index is 4.54. The minimum absolute atomic E-state index is 0.393. The smallest absolute Gasteiger partial charge is 0.224 e. The average Bonchev–Trinajstić information content (AvgIpc) is 3.01. The summed E-state index contributed by atoms with van der Waals surface area (Å²) in [4.78, 5) is 17.7. The molecule has 2 aromatic rings. The summed E-state index contributed by atoms with van der Waals surface area (Å²) < 4.78 is 0. The van der Waals surface area contributed by atoms with Crippen LogP contribution in [0.5, 0.6) is 0 Å². The van der Waals surface area contributed by atoms with Gasteiger partial charge in [-0.05, 0) is 25.5 Å². The van der Waals surface area contributed by atoms with E-state index < -0.39 is 0 Å². The van der Waals surface area contributed by atoms with Gasteiger partial charge in [0.1, 0.15) is 5.82 Å². The fourth-order valence-corrected chi connectivity index (χ4v) is 3.26. The highest BCUT2D eigenvalue weighted by molar-refractivity contribution is 7.07. The van der Waals surface area contributed by atoms with Gasteiger partial charge in [-0.2, -0.15) is 4.98 Å². The fraction of sp³-hybridized carbons (Fsp3) is 0.533. The molecule has 0 aliphatic carbocycles. The van der Waals surface area contributed by atoms with Gasteiger partial charge >= 0.3 is 0 Å². The average molecular weight is 318 g/mol. The molecule has 1 aliphatic rings. The van der Waals surface area contributed by atoms with Crippen LogP contribution in [0.4, 0.5) is 11.8 Å². The lowest BCUT2D eigenvalue weighted by atomic mass is 10.1. The topological polar surface area (TPSA) is 57.2 Å². The summed E-state index contributed by atoms with van der Waals surface area (Å²) in [5, 5.41) is 5.60. The first kappa shape index (κ1) is 15.2. The molecule has 1 N–H and O–H groups in total. The number of hydrogen-bond donors (Lipinski definition) is 1. The van der Waals surface area contributed by atoms with Gasteiger partial charge in [-0.3, -0.25) is 4.90 Å². The van der Waals surface area contributed by atoms with Crippen molar-refractivity contribution in [1.82, 2.24) is 19.9 Å².